The third-order valence-corrected chi connectivity index (χ3v) is 7.02. The lowest BCUT2D eigenvalue weighted by Crippen LogP contribution is -2.42. The van der Waals surface area contributed by atoms with Crippen molar-refractivity contribution in [2.75, 3.05) is 18.6 Å². The molecule has 0 fully saturated rings. The van der Waals surface area contributed by atoms with Crippen LogP contribution in [0.15, 0.2) is 84.2 Å². The standard InChI is InChI=1S/C30H31N3O4S/c1-3-17-33(30-32-27(20-38-30)23-13-15-25(37-2)16-14-23)19-22-9-11-24(12-10-22)28(34)31-26(29(35)36)18-21-7-5-4-6-8-21/h4-16,20,26H,3,17-19H2,1-2H3,(H,31,34)(H,35,36). The first-order valence-electron chi connectivity index (χ1n) is 12.5. The van der Waals surface area contributed by atoms with Gasteiger partial charge in [0.15, 0.2) is 5.13 Å². The smallest absolute Gasteiger partial charge is 0.326 e. The number of nitrogens with zero attached hydrogens (tertiary/aromatic N) is 2. The van der Waals surface area contributed by atoms with Crippen molar-refractivity contribution in [3.63, 3.8) is 0 Å². The molecule has 8 heteroatoms. The molecule has 4 aromatic rings. The lowest BCUT2D eigenvalue weighted by atomic mass is 10.1. The number of hydrogen-bond acceptors (Lipinski definition) is 6. The molecule has 38 heavy (non-hydrogen) atoms. The summed E-state index contributed by atoms with van der Waals surface area (Å²) in [6.07, 6.45) is 1.19. The van der Waals surface area contributed by atoms with Gasteiger partial charge >= 0.3 is 5.97 Å². The normalized spacial score (nSPS) is 11.5. The van der Waals surface area contributed by atoms with Crippen molar-refractivity contribution in [3.05, 3.63) is 101 Å². The molecule has 1 unspecified atom stereocenters. The number of carboxylic acid groups (broad SMARTS) is 1. The Hall–Kier alpha value is -4.17. The summed E-state index contributed by atoms with van der Waals surface area (Å²) in [6, 6.07) is 23.4. The number of hydrogen-bond donors (Lipinski definition) is 2. The number of anilines is 1. The molecule has 0 radical (unpaired) electrons. The zero-order chi connectivity index (χ0) is 26.9. The van der Waals surface area contributed by atoms with Gasteiger partial charge in [-0.3, -0.25) is 4.79 Å². The Morgan fingerprint density at radius 2 is 1.71 bits per heavy atom. The van der Waals surface area contributed by atoms with E-state index in [1.165, 1.54) is 0 Å². The Balaban J connectivity index is 1.41. The second kappa shape index (κ2) is 12.9. The van der Waals surface area contributed by atoms with E-state index in [4.69, 9.17) is 9.72 Å². The number of methoxy groups -OCH3 is 1. The first-order valence-corrected chi connectivity index (χ1v) is 13.4. The molecule has 0 spiro atoms. The molecule has 0 aliphatic carbocycles. The average molecular weight is 530 g/mol. The number of thiazole rings is 1. The molecule has 4 rings (SSSR count). The minimum absolute atomic E-state index is 0.221. The van der Waals surface area contributed by atoms with Crippen LogP contribution in [0.25, 0.3) is 11.3 Å². The highest BCUT2D eigenvalue weighted by Gasteiger charge is 2.21. The van der Waals surface area contributed by atoms with Gasteiger partial charge in [0.25, 0.3) is 5.91 Å². The van der Waals surface area contributed by atoms with E-state index < -0.39 is 17.9 Å². The van der Waals surface area contributed by atoms with Crippen LogP contribution in [0.3, 0.4) is 0 Å². The van der Waals surface area contributed by atoms with Crippen molar-refractivity contribution in [2.24, 2.45) is 0 Å². The van der Waals surface area contributed by atoms with Gasteiger partial charge in [0.2, 0.25) is 0 Å². The Morgan fingerprint density at radius 1 is 1.00 bits per heavy atom. The molecule has 0 aliphatic rings. The van der Waals surface area contributed by atoms with E-state index >= 15 is 0 Å². The number of ether oxygens (including phenoxy) is 1. The molecule has 196 valence electrons. The fourth-order valence-corrected chi connectivity index (χ4v) is 4.95. The van der Waals surface area contributed by atoms with Crippen LogP contribution in [0.2, 0.25) is 0 Å². The van der Waals surface area contributed by atoms with E-state index in [0.717, 1.165) is 46.2 Å². The quantitative estimate of drug-likeness (QED) is 0.246. The third kappa shape index (κ3) is 6.98. The van der Waals surface area contributed by atoms with E-state index in [-0.39, 0.29) is 6.42 Å². The Kier molecular flexibility index (Phi) is 9.11. The van der Waals surface area contributed by atoms with Crippen LogP contribution in [0.1, 0.15) is 34.8 Å². The van der Waals surface area contributed by atoms with E-state index in [0.29, 0.717) is 12.1 Å². The van der Waals surface area contributed by atoms with E-state index in [2.05, 4.69) is 22.5 Å². The number of carboxylic acids is 1. The van der Waals surface area contributed by atoms with Gasteiger partial charge in [-0.05, 0) is 53.9 Å². The summed E-state index contributed by atoms with van der Waals surface area (Å²) in [5.41, 5.74) is 4.27. The van der Waals surface area contributed by atoms with Crippen LogP contribution >= 0.6 is 11.3 Å². The molecule has 1 amide bonds. The molecule has 0 bridgehead atoms. The maximum absolute atomic E-state index is 12.8. The van der Waals surface area contributed by atoms with Crippen LogP contribution in [0.5, 0.6) is 5.75 Å². The van der Waals surface area contributed by atoms with Crippen LogP contribution in [-0.2, 0) is 17.8 Å². The number of carbonyl (C=O) groups excluding carboxylic acids is 1. The number of benzene rings is 3. The first-order chi connectivity index (χ1) is 18.5. The zero-order valence-corrected chi connectivity index (χ0v) is 22.3. The molecule has 7 nitrogen and oxygen atoms in total. The first kappa shape index (κ1) is 26.9. The van der Waals surface area contributed by atoms with Crippen LogP contribution in [0, 0.1) is 0 Å². The maximum Gasteiger partial charge on any atom is 0.326 e. The number of nitrogens with one attached hydrogen (secondary N) is 1. The Morgan fingerprint density at radius 3 is 2.34 bits per heavy atom. The fraction of sp³-hybridized carbons (Fsp3) is 0.233. The maximum atomic E-state index is 12.8. The van der Waals surface area contributed by atoms with E-state index in [9.17, 15) is 14.7 Å². The molecule has 1 aromatic heterocycles. The van der Waals surface area contributed by atoms with Gasteiger partial charge in [0.1, 0.15) is 11.8 Å². The van der Waals surface area contributed by atoms with Crippen LogP contribution in [0.4, 0.5) is 5.13 Å². The molecule has 0 saturated carbocycles. The molecular formula is C30H31N3O4S. The number of aromatic nitrogens is 1. The summed E-state index contributed by atoms with van der Waals surface area (Å²) >= 11 is 1.60. The van der Waals surface area contributed by atoms with Gasteiger partial charge in [-0.25, -0.2) is 9.78 Å². The van der Waals surface area contributed by atoms with Gasteiger partial charge in [-0.2, -0.15) is 0 Å². The van der Waals surface area contributed by atoms with Gasteiger partial charge in [0, 0.05) is 36.0 Å². The largest absolute Gasteiger partial charge is 0.497 e. The lowest BCUT2D eigenvalue weighted by molar-refractivity contribution is -0.139. The summed E-state index contributed by atoms with van der Waals surface area (Å²) in [4.78, 5) is 31.6. The van der Waals surface area contributed by atoms with Crippen molar-refractivity contribution in [2.45, 2.75) is 32.4 Å². The molecule has 1 atom stereocenters. The topological polar surface area (TPSA) is 91.8 Å². The second-order valence-corrected chi connectivity index (χ2v) is 9.75. The molecular weight excluding hydrogens is 498 g/mol. The van der Waals surface area contributed by atoms with Crippen LogP contribution in [-0.4, -0.2) is 41.7 Å². The highest BCUT2D eigenvalue weighted by molar-refractivity contribution is 7.14. The summed E-state index contributed by atoms with van der Waals surface area (Å²) in [6.45, 7) is 3.63. The monoisotopic (exact) mass is 529 g/mol. The average Bonchev–Trinajstić information content (AvgIpc) is 3.44. The molecule has 2 N–H and O–H groups in total. The zero-order valence-electron chi connectivity index (χ0n) is 21.5. The number of rotatable bonds is 12. The van der Waals surface area contributed by atoms with Gasteiger partial charge in [-0.1, -0.05) is 49.4 Å². The Labute approximate surface area is 226 Å². The molecule has 1 heterocycles. The summed E-state index contributed by atoms with van der Waals surface area (Å²) < 4.78 is 5.25. The van der Waals surface area contributed by atoms with E-state index in [1.54, 1.807) is 30.6 Å². The minimum Gasteiger partial charge on any atom is -0.497 e. The second-order valence-electron chi connectivity index (χ2n) is 8.92. The summed E-state index contributed by atoms with van der Waals surface area (Å²) in [5.74, 6) is -0.663. The van der Waals surface area contributed by atoms with Crippen LogP contribution < -0.4 is 15.0 Å². The molecule has 3 aromatic carbocycles. The number of aliphatic carboxylic acids is 1. The van der Waals surface area contributed by atoms with Crippen molar-refractivity contribution < 1.29 is 19.4 Å². The molecule has 0 saturated heterocycles. The number of carbonyl (C=O) groups is 2. The summed E-state index contributed by atoms with van der Waals surface area (Å²) in [7, 11) is 1.65. The lowest BCUT2D eigenvalue weighted by Gasteiger charge is -2.21. The minimum atomic E-state index is -1.06. The van der Waals surface area contributed by atoms with Crippen molar-refractivity contribution in [1.29, 1.82) is 0 Å². The number of amides is 1. The molecule has 0 aliphatic heterocycles. The van der Waals surface area contributed by atoms with Gasteiger partial charge in [-0.15, -0.1) is 11.3 Å². The van der Waals surface area contributed by atoms with Crippen molar-refractivity contribution in [3.8, 4) is 17.0 Å². The van der Waals surface area contributed by atoms with Crippen molar-refractivity contribution in [1.82, 2.24) is 10.3 Å². The highest BCUT2D eigenvalue weighted by Crippen LogP contribution is 2.29. The SMILES string of the molecule is CCCN(Cc1ccc(C(=O)NC(Cc2ccccc2)C(=O)O)cc1)c1nc(-c2ccc(OC)cc2)cs1. The van der Waals surface area contributed by atoms with Gasteiger partial charge < -0.3 is 20.1 Å². The fourth-order valence-electron chi connectivity index (χ4n) is 4.09. The third-order valence-electron chi connectivity index (χ3n) is 6.12. The van der Waals surface area contributed by atoms with Gasteiger partial charge in [0.05, 0.1) is 12.8 Å². The summed E-state index contributed by atoms with van der Waals surface area (Å²) in [5, 5.41) is 15.2. The van der Waals surface area contributed by atoms with E-state index in [1.807, 2.05) is 66.7 Å². The Bertz CT molecular complexity index is 1340. The highest BCUT2D eigenvalue weighted by atomic mass is 32.1. The predicted molar refractivity (Wildman–Crippen MR) is 151 cm³/mol. The predicted octanol–water partition coefficient (Wildman–Crippen LogP) is 5.66. The van der Waals surface area contributed by atoms with Crippen molar-refractivity contribution >= 4 is 28.3 Å².